The maximum Gasteiger partial charge on any atom is 0.124 e. The minimum Gasteiger partial charge on any atom is -0.496 e. The van der Waals surface area contributed by atoms with Crippen LogP contribution in [-0.4, -0.2) is 23.4 Å². The number of hydrogen-bond acceptors (Lipinski definition) is 3. The van der Waals surface area contributed by atoms with Crippen LogP contribution >= 0.6 is 11.6 Å². The molecule has 0 saturated carbocycles. The van der Waals surface area contributed by atoms with Gasteiger partial charge in [0.2, 0.25) is 0 Å². The number of aryl methyl sites for hydroxylation is 1. The number of methoxy groups -OCH3 is 1. The van der Waals surface area contributed by atoms with Crippen molar-refractivity contribution in [2.75, 3.05) is 13.7 Å². The predicted octanol–water partition coefficient (Wildman–Crippen LogP) is 3.09. The van der Waals surface area contributed by atoms with Crippen molar-refractivity contribution in [3.8, 4) is 5.75 Å². The molecular formula is C15H20ClN3O. The van der Waals surface area contributed by atoms with Crippen LogP contribution < -0.4 is 10.1 Å². The molecule has 2 rings (SSSR count). The molecule has 0 radical (unpaired) electrons. The molecule has 1 unspecified atom stereocenters. The van der Waals surface area contributed by atoms with Crippen LogP contribution in [0, 0.1) is 6.92 Å². The summed E-state index contributed by atoms with van der Waals surface area (Å²) in [6.45, 7) is 4.98. The van der Waals surface area contributed by atoms with Gasteiger partial charge in [0.05, 0.1) is 19.3 Å². The highest BCUT2D eigenvalue weighted by Crippen LogP contribution is 2.33. The Kier molecular flexibility index (Phi) is 4.68. The summed E-state index contributed by atoms with van der Waals surface area (Å²) in [4.78, 5) is 0. The van der Waals surface area contributed by atoms with Crippen molar-refractivity contribution in [3.63, 3.8) is 0 Å². The zero-order valence-electron chi connectivity index (χ0n) is 12.3. The van der Waals surface area contributed by atoms with Crippen molar-refractivity contribution < 1.29 is 4.74 Å². The molecule has 0 aliphatic rings. The van der Waals surface area contributed by atoms with E-state index >= 15 is 0 Å². The molecule has 1 aromatic heterocycles. The number of halogens is 1. The fourth-order valence-corrected chi connectivity index (χ4v) is 2.50. The third-order valence-electron chi connectivity index (χ3n) is 3.50. The number of ether oxygens (including phenoxy) is 1. The highest BCUT2D eigenvalue weighted by molar-refractivity contribution is 6.30. The van der Waals surface area contributed by atoms with Gasteiger partial charge < -0.3 is 10.1 Å². The Morgan fingerprint density at radius 3 is 2.70 bits per heavy atom. The van der Waals surface area contributed by atoms with Gasteiger partial charge in [-0.1, -0.05) is 18.5 Å². The van der Waals surface area contributed by atoms with Crippen molar-refractivity contribution >= 4 is 11.6 Å². The van der Waals surface area contributed by atoms with E-state index in [0.29, 0.717) is 5.02 Å². The van der Waals surface area contributed by atoms with Gasteiger partial charge in [0.25, 0.3) is 0 Å². The SMILES string of the molecule is CCNC(c1cc(Cl)ccc1OC)c1cnn(C)c1C. The van der Waals surface area contributed by atoms with E-state index < -0.39 is 0 Å². The van der Waals surface area contributed by atoms with Crippen LogP contribution in [0.5, 0.6) is 5.75 Å². The zero-order valence-corrected chi connectivity index (χ0v) is 13.0. The Bertz CT molecular complexity index is 595. The fraction of sp³-hybridized carbons (Fsp3) is 0.400. The maximum absolute atomic E-state index is 6.15. The molecule has 0 aliphatic heterocycles. The normalized spacial score (nSPS) is 12.4. The molecule has 1 aromatic carbocycles. The van der Waals surface area contributed by atoms with E-state index in [2.05, 4.69) is 24.3 Å². The van der Waals surface area contributed by atoms with Gasteiger partial charge in [-0.05, 0) is 31.7 Å². The monoisotopic (exact) mass is 293 g/mol. The molecule has 5 heteroatoms. The minimum absolute atomic E-state index is 0.0161. The van der Waals surface area contributed by atoms with Gasteiger partial charge >= 0.3 is 0 Å². The van der Waals surface area contributed by atoms with Gasteiger partial charge in [0.1, 0.15) is 5.75 Å². The molecule has 20 heavy (non-hydrogen) atoms. The number of nitrogens with one attached hydrogen (secondary N) is 1. The van der Waals surface area contributed by atoms with Crippen LogP contribution in [0.2, 0.25) is 5.02 Å². The largest absolute Gasteiger partial charge is 0.496 e. The van der Waals surface area contributed by atoms with Crippen molar-refractivity contribution in [1.29, 1.82) is 0 Å². The van der Waals surface area contributed by atoms with Crippen LogP contribution in [0.4, 0.5) is 0 Å². The van der Waals surface area contributed by atoms with Crippen LogP contribution in [-0.2, 0) is 7.05 Å². The lowest BCUT2D eigenvalue weighted by Crippen LogP contribution is -2.23. The fourth-order valence-electron chi connectivity index (χ4n) is 2.32. The first kappa shape index (κ1) is 14.9. The van der Waals surface area contributed by atoms with Gasteiger partial charge in [-0.2, -0.15) is 5.10 Å². The second kappa shape index (κ2) is 6.29. The van der Waals surface area contributed by atoms with Gasteiger partial charge in [0.15, 0.2) is 0 Å². The molecule has 0 spiro atoms. The van der Waals surface area contributed by atoms with Gasteiger partial charge in [0, 0.05) is 28.9 Å². The molecule has 4 nitrogen and oxygen atoms in total. The number of benzene rings is 1. The molecule has 0 aliphatic carbocycles. The number of nitrogens with zero attached hydrogens (tertiary/aromatic N) is 2. The smallest absolute Gasteiger partial charge is 0.124 e. The lowest BCUT2D eigenvalue weighted by atomic mass is 9.98. The topological polar surface area (TPSA) is 39.1 Å². The summed E-state index contributed by atoms with van der Waals surface area (Å²) in [6, 6.07) is 5.69. The van der Waals surface area contributed by atoms with E-state index in [1.54, 1.807) is 7.11 Å². The highest BCUT2D eigenvalue weighted by atomic mass is 35.5. The third-order valence-corrected chi connectivity index (χ3v) is 3.73. The molecule has 1 atom stereocenters. The molecule has 0 amide bonds. The van der Waals surface area contributed by atoms with E-state index in [-0.39, 0.29) is 6.04 Å². The van der Waals surface area contributed by atoms with Gasteiger partial charge in [-0.25, -0.2) is 0 Å². The lowest BCUT2D eigenvalue weighted by molar-refractivity contribution is 0.404. The summed E-state index contributed by atoms with van der Waals surface area (Å²) >= 11 is 6.15. The molecule has 108 valence electrons. The van der Waals surface area contributed by atoms with Gasteiger partial charge in [-0.3, -0.25) is 4.68 Å². The van der Waals surface area contributed by atoms with Crippen molar-refractivity contribution in [2.24, 2.45) is 7.05 Å². The predicted molar refractivity (Wildman–Crippen MR) is 81.5 cm³/mol. The van der Waals surface area contributed by atoms with E-state index in [1.165, 1.54) is 0 Å². The molecule has 1 N–H and O–H groups in total. The molecule has 0 fully saturated rings. The molecule has 2 aromatic rings. The lowest BCUT2D eigenvalue weighted by Gasteiger charge is -2.21. The first-order valence-corrected chi connectivity index (χ1v) is 7.01. The first-order chi connectivity index (χ1) is 9.58. The molecule has 0 saturated heterocycles. The van der Waals surface area contributed by atoms with Crippen LogP contribution in [0.3, 0.4) is 0 Å². The van der Waals surface area contributed by atoms with Crippen molar-refractivity contribution in [2.45, 2.75) is 19.9 Å². The Balaban J connectivity index is 2.53. The second-order valence-electron chi connectivity index (χ2n) is 4.69. The van der Waals surface area contributed by atoms with Crippen molar-refractivity contribution in [3.05, 3.63) is 46.2 Å². The van der Waals surface area contributed by atoms with E-state index in [4.69, 9.17) is 16.3 Å². The zero-order chi connectivity index (χ0) is 14.7. The van der Waals surface area contributed by atoms with E-state index in [1.807, 2.05) is 36.1 Å². The van der Waals surface area contributed by atoms with Crippen molar-refractivity contribution in [1.82, 2.24) is 15.1 Å². The standard InChI is InChI=1S/C15H20ClN3O/c1-5-17-15(13-9-18-19(3)10(13)2)12-8-11(16)6-7-14(12)20-4/h6-9,15,17H,5H2,1-4H3. The van der Waals surface area contributed by atoms with Crippen LogP contribution in [0.1, 0.15) is 29.8 Å². The number of hydrogen-bond donors (Lipinski definition) is 1. The van der Waals surface area contributed by atoms with Crippen LogP contribution in [0.25, 0.3) is 0 Å². The summed E-state index contributed by atoms with van der Waals surface area (Å²) in [5.41, 5.74) is 3.28. The summed E-state index contributed by atoms with van der Waals surface area (Å²) in [5.74, 6) is 0.823. The Hall–Kier alpha value is -1.52. The average molecular weight is 294 g/mol. The summed E-state index contributed by atoms with van der Waals surface area (Å²) in [7, 11) is 3.61. The Labute approximate surface area is 124 Å². The van der Waals surface area contributed by atoms with Gasteiger partial charge in [-0.15, -0.1) is 0 Å². The molecule has 0 bridgehead atoms. The Morgan fingerprint density at radius 1 is 1.40 bits per heavy atom. The van der Waals surface area contributed by atoms with E-state index in [9.17, 15) is 0 Å². The Morgan fingerprint density at radius 2 is 2.15 bits per heavy atom. The summed E-state index contributed by atoms with van der Waals surface area (Å²) < 4.78 is 7.34. The number of aromatic nitrogens is 2. The summed E-state index contributed by atoms with van der Waals surface area (Å²) in [6.07, 6.45) is 1.89. The maximum atomic E-state index is 6.15. The quantitative estimate of drug-likeness (QED) is 0.921. The summed E-state index contributed by atoms with van der Waals surface area (Å²) in [5, 5.41) is 8.50. The number of rotatable bonds is 5. The average Bonchev–Trinajstić information content (AvgIpc) is 2.76. The first-order valence-electron chi connectivity index (χ1n) is 6.63. The highest BCUT2D eigenvalue weighted by Gasteiger charge is 2.21. The minimum atomic E-state index is 0.0161. The van der Waals surface area contributed by atoms with Crippen LogP contribution in [0.15, 0.2) is 24.4 Å². The molecule has 1 heterocycles. The van der Waals surface area contributed by atoms with E-state index in [0.717, 1.165) is 29.1 Å². The second-order valence-corrected chi connectivity index (χ2v) is 5.12. The molecular weight excluding hydrogens is 274 g/mol. The third kappa shape index (κ3) is 2.81.